The van der Waals surface area contributed by atoms with Crippen LogP contribution in [0.3, 0.4) is 0 Å². The summed E-state index contributed by atoms with van der Waals surface area (Å²) in [6, 6.07) is 9.16. The second-order valence-corrected chi connectivity index (χ2v) is 17.3. The van der Waals surface area contributed by atoms with E-state index >= 15 is 0 Å². The number of alkyl halides is 6. The molecule has 53 heavy (non-hydrogen) atoms. The molecule has 2 aromatic carbocycles. The number of nitrogens with zero attached hydrogens (tertiary/aromatic N) is 3. The summed E-state index contributed by atoms with van der Waals surface area (Å²) in [5.41, 5.74) is -3.10. The molecule has 288 valence electrons. The molecule has 2 N–H and O–H groups in total. The van der Waals surface area contributed by atoms with Crippen molar-refractivity contribution in [3.8, 4) is 0 Å². The lowest BCUT2D eigenvalue weighted by atomic mass is 10.0. The van der Waals surface area contributed by atoms with Gasteiger partial charge in [-0.25, -0.2) is 17.2 Å². The molecule has 4 rings (SSSR count). The molecule has 4 aromatic rings. The Morgan fingerprint density at radius 3 is 1.42 bits per heavy atom. The summed E-state index contributed by atoms with van der Waals surface area (Å²) in [5.74, 6) is -3.04. The highest BCUT2D eigenvalue weighted by atomic mass is 35.5. The molecule has 0 saturated carbocycles. The Hall–Kier alpha value is -3.64. The third-order valence-electron chi connectivity index (χ3n) is 6.22. The highest BCUT2D eigenvalue weighted by Crippen LogP contribution is 2.32. The standard InChI is InChI=1S/C17H15ClF4N2OS.C13H6ClF4NO.C4H11NOS/c1-16(2,3)26(25)24-15(14-5-4-12(18)9-23-14)10-6-11(17(20,21)22)8-13(19)7-10;14-9-1-2-11(19-6-9)12(20)7-3-8(13(16,17)18)5-10(15)4-7;1-4(2,3)7(5)6/h4-9H,1-3H3;1-6H;5H2,1-3H3/t26-;;7-/m1.1/s1. The number of carbonyl (C=O) groups is 1. The lowest BCUT2D eigenvalue weighted by Crippen LogP contribution is -2.27. The van der Waals surface area contributed by atoms with Crippen molar-refractivity contribution >= 4 is 56.7 Å². The molecule has 0 spiro atoms. The fourth-order valence-corrected chi connectivity index (χ4v) is 4.28. The van der Waals surface area contributed by atoms with Gasteiger partial charge in [-0.05, 0) is 102 Å². The normalized spacial score (nSPS) is 13.6. The maximum Gasteiger partial charge on any atom is 0.416 e. The Bertz CT molecular complexity index is 1980. The molecule has 0 radical (unpaired) electrons. The Morgan fingerprint density at radius 2 is 1.06 bits per heavy atom. The number of aromatic nitrogens is 2. The Morgan fingerprint density at radius 1 is 0.660 bits per heavy atom. The van der Waals surface area contributed by atoms with Gasteiger partial charge in [-0.1, -0.05) is 23.2 Å². The van der Waals surface area contributed by atoms with Crippen LogP contribution in [0.5, 0.6) is 0 Å². The first kappa shape index (κ1) is 45.5. The monoisotopic (exact) mass is 830 g/mol. The lowest BCUT2D eigenvalue weighted by molar-refractivity contribution is -0.138. The SMILES string of the molecule is CC(C)(C)[S@@](=O)N=C(c1cc(F)cc(C(F)(F)F)c1)c1ccc(Cl)cn1.CC(C)(C)[S@](N)=O.O=C(c1cc(F)cc(C(F)(F)F)c1)c1ccc(Cl)cn1. The highest BCUT2D eigenvalue weighted by molar-refractivity contribution is 7.85. The summed E-state index contributed by atoms with van der Waals surface area (Å²) < 4.78 is 130. The van der Waals surface area contributed by atoms with Crippen LogP contribution in [0.1, 0.15) is 80.0 Å². The average molecular weight is 832 g/mol. The molecule has 0 aliphatic rings. The van der Waals surface area contributed by atoms with Crippen molar-refractivity contribution in [3.63, 3.8) is 0 Å². The second-order valence-electron chi connectivity index (χ2n) is 12.7. The second kappa shape index (κ2) is 18.1. The van der Waals surface area contributed by atoms with Gasteiger partial charge in [0.2, 0.25) is 5.78 Å². The zero-order valence-electron chi connectivity index (χ0n) is 28.7. The Balaban J connectivity index is 0.000000318. The van der Waals surface area contributed by atoms with Crippen molar-refractivity contribution in [2.75, 3.05) is 0 Å². The van der Waals surface area contributed by atoms with E-state index in [-0.39, 0.29) is 32.4 Å². The molecule has 2 heterocycles. The van der Waals surface area contributed by atoms with Crippen LogP contribution >= 0.6 is 23.2 Å². The van der Waals surface area contributed by atoms with Gasteiger partial charge in [0.05, 0.1) is 47.3 Å². The minimum Gasteiger partial charge on any atom is -0.287 e. The van der Waals surface area contributed by atoms with Crippen molar-refractivity contribution in [3.05, 3.63) is 128 Å². The fraction of sp³-hybridized carbons (Fsp3) is 0.294. The predicted molar refractivity (Wildman–Crippen MR) is 190 cm³/mol. The summed E-state index contributed by atoms with van der Waals surface area (Å²) in [4.78, 5) is 19.7. The number of hydrogen-bond acceptors (Lipinski definition) is 5. The Kier molecular flexibility index (Phi) is 15.6. The first-order valence-corrected chi connectivity index (χ1v) is 17.9. The highest BCUT2D eigenvalue weighted by Gasteiger charge is 2.33. The third-order valence-corrected chi connectivity index (χ3v) is 9.27. The Labute approximate surface area is 315 Å². The fourth-order valence-electron chi connectivity index (χ4n) is 3.42. The van der Waals surface area contributed by atoms with Crippen molar-refractivity contribution in [2.45, 2.75) is 63.4 Å². The first-order valence-electron chi connectivity index (χ1n) is 14.8. The summed E-state index contributed by atoms with van der Waals surface area (Å²) in [5, 5.41) is 5.62. The minimum atomic E-state index is -4.74. The van der Waals surface area contributed by atoms with Gasteiger partial charge in [-0.15, -0.1) is 0 Å². The molecule has 0 fully saturated rings. The molecule has 0 bridgehead atoms. The van der Waals surface area contributed by atoms with Crippen LogP contribution in [-0.2, 0) is 34.3 Å². The molecule has 2 aromatic heterocycles. The largest absolute Gasteiger partial charge is 0.416 e. The van der Waals surface area contributed by atoms with E-state index in [9.17, 15) is 48.3 Å². The van der Waals surface area contributed by atoms with Gasteiger partial charge in [-0.2, -0.15) is 30.7 Å². The number of rotatable bonds is 5. The molecule has 19 heteroatoms. The summed E-state index contributed by atoms with van der Waals surface area (Å²) in [7, 11) is -2.98. The number of halogens is 10. The first-order chi connectivity index (χ1) is 24.1. The van der Waals surface area contributed by atoms with Crippen molar-refractivity contribution < 1.29 is 48.3 Å². The van der Waals surface area contributed by atoms with E-state index in [1.165, 1.54) is 36.7 Å². The predicted octanol–water partition coefficient (Wildman–Crippen LogP) is 9.72. The zero-order chi connectivity index (χ0) is 40.7. The van der Waals surface area contributed by atoms with Crippen LogP contribution in [0.15, 0.2) is 77.5 Å². The van der Waals surface area contributed by atoms with Crippen LogP contribution in [0.25, 0.3) is 0 Å². The lowest BCUT2D eigenvalue weighted by Gasteiger charge is -2.16. The molecule has 7 nitrogen and oxygen atoms in total. The topological polar surface area (TPSA) is 115 Å². The van der Waals surface area contributed by atoms with E-state index < -0.39 is 73.2 Å². The molecule has 2 atom stereocenters. The summed E-state index contributed by atoms with van der Waals surface area (Å²) >= 11 is 11.4. The molecule has 0 aliphatic heterocycles. The van der Waals surface area contributed by atoms with Crippen molar-refractivity contribution in [1.29, 1.82) is 0 Å². The maximum absolute atomic E-state index is 13.8. The van der Waals surface area contributed by atoms with Gasteiger partial charge in [0, 0.05) is 23.5 Å². The van der Waals surface area contributed by atoms with Crippen molar-refractivity contribution in [1.82, 2.24) is 9.97 Å². The smallest absolute Gasteiger partial charge is 0.287 e. The van der Waals surface area contributed by atoms with Crippen LogP contribution in [0.4, 0.5) is 35.1 Å². The average Bonchev–Trinajstić information content (AvgIpc) is 3.02. The maximum atomic E-state index is 13.8. The van der Waals surface area contributed by atoms with Gasteiger partial charge >= 0.3 is 12.4 Å². The van der Waals surface area contributed by atoms with Crippen LogP contribution in [0.2, 0.25) is 10.0 Å². The van der Waals surface area contributed by atoms with Gasteiger partial charge in [0.1, 0.15) is 34.0 Å². The van der Waals surface area contributed by atoms with Gasteiger partial charge in [0.15, 0.2) is 0 Å². The van der Waals surface area contributed by atoms with E-state index in [1.807, 2.05) is 20.8 Å². The number of carbonyl (C=O) groups excluding carboxylic acids is 1. The summed E-state index contributed by atoms with van der Waals surface area (Å²) in [6.07, 6.45) is -7.02. The quantitative estimate of drug-likeness (QED) is 0.122. The van der Waals surface area contributed by atoms with Gasteiger partial charge in [-0.3, -0.25) is 19.9 Å². The zero-order valence-corrected chi connectivity index (χ0v) is 31.8. The summed E-state index contributed by atoms with van der Waals surface area (Å²) in [6.45, 7) is 10.5. The van der Waals surface area contributed by atoms with Crippen LogP contribution < -0.4 is 5.14 Å². The van der Waals surface area contributed by atoms with Crippen LogP contribution in [-0.4, -0.2) is 39.4 Å². The number of ketones is 1. The van der Waals surface area contributed by atoms with E-state index in [0.717, 1.165) is 18.2 Å². The number of pyridine rings is 2. The van der Waals surface area contributed by atoms with Crippen LogP contribution in [0, 0.1) is 11.6 Å². The number of hydrogen-bond donors (Lipinski definition) is 1. The molecule has 0 saturated heterocycles. The van der Waals surface area contributed by atoms with Gasteiger partial charge < -0.3 is 0 Å². The van der Waals surface area contributed by atoms with E-state index in [4.69, 9.17) is 28.3 Å². The van der Waals surface area contributed by atoms with Crippen molar-refractivity contribution in [2.24, 2.45) is 9.54 Å². The molecule has 0 aliphatic carbocycles. The molecular weight excluding hydrogens is 799 g/mol. The molecular formula is C34H32Cl2F8N4O3S2. The third kappa shape index (κ3) is 14.6. The van der Waals surface area contributed by atoms with E-state index in [1.54, 1.807) is 20.8 Å². The minimum absolute atomic E-state index is 0.111. The molecule has 0 unspecified atom stereocenters. The molecule has 0 amide bonds. The number of nitrogens with two attached hydrogens (primary N) is 1. The van der Waals surface area contributed by atoms with E-state index in [0.29, 0.717) is 23.2 Å². The van der Waals surface area contributed by atoms with Gasteiger partial charge in [0.25, 0.3) is 0 Å². The number of benzene rings is 2. The van der Waals surface area contributed by atoms with E-state index in [2.05, 4.69) is 14.4 Å².